The number of hydrogen-bond donors (Lipinski definition) is 1. The van der Waals surface area contributed by atoms with Crippen molar-refractivity contribution in [3.05, 3.63) is 35.1 Å². The van der Waals surface area contributed by atoms with Crippen LogP contribution in [0.1, 0.15) is 43.7 Å². The molecular weight excluding hydrogens is 225 g/mol. The Kier molecular flexibility index (Phi) is 4.76. The number of aryl methyl sites for hydroxylation is 1. The minimum atomic E-state index is -0.102. The van der Waals surface area contributed by atoms with Gasteiger partial charge in [0.1, 0.15) is 5.82 Å². The van der Waals surface area contributed by atoms with E-state index in [1.54, 1.807) is 12.1 Å². The van der Waals surface area contributed by atoms with Crippen LogP contribution in [0.25, 0.3) is 0 Å². The molecule has 1 N–H and O–H groups in total. The standard InChI is InChI=1S/C16H24FN/c1-3-18-16-6-4-5-13(10-16)9-14-11-15(17)8-7-12(14)2/h7-8,11,13,16,18H,3-6,9-10H2,1-2H3. The van der Waals surface area contributed by atoms with Crippen LogP contribution in [0.4, 0.5) is 4.39 Å². The van der Waals surface area contributed by atoms with Crippen molar-refractivity contribution in [3.63, 3.8) is 0 Å². The van der Waals surface area contributed by atoms with Gasteiger partial charge in [0.15, 0.2) is 0 Å². The third kappa shape index (κ3) is 3.55. The molecule has 100 valence electrons. The van der Waals surface area contributed by atoms with E-state index >= 15 is 0 Å². The Morgan fingerprint density at radius 3 is 2.94 bits per heavy atom. The lowest BCUT2D eigenvalue weighted by atomic mass is 9.81. The normalized spacial score (nSPS) is 24.2. The maximum atomic E-state index is 13.3. The van der Waals surface area contributed by atoms with Gasteiger partial charge in [-0.25, -0.2) is 4.39 Å². The van der Waals surface area contributed by atoms with Crippen LogP contribution >= 0.6 is 0 Å². The molecule has 1 aliphatic carbocycles. The lowest BCUT2D eigenvalue weighted by Crippen LogP contribution is -2.34. The molecule has 1 saturated carbocycles. The van der Waals surface area contributed by atoms with Crippen molar-refractivity contribution in [1.29, 1.82) is 0 Å². The third-order valence-corrected chi connectivity index (χ3v) is 4.10. The molecule has 2 rings (SSSR count). The molecule has 2 atom stereocenters. The van der Waals surface area contributed by atoms with Crippen molar-refractivity contribution >= 4 is 0 Å². The summed E-state index contributed by atoms with van der Waals surface area (Å²) in [6.45, 7) is 5.30. The predicted molar refractivity (Wildman–Crippen MR) is 74.3 cm³/mol. The first kappa shape index (κ1) is 13.5. The Morgan fingerprint density at radius 2 is 2.17 bits per heavy atom. The van der Waals surface area contributed by atoms with Crippen molar-refractivity contribution in [2.24, 2.45) is 5.92 Å². The highest BCUT2D eigenvalue weighted by atomic mass is 19.1. The van der Waals surface area contributed by atoms with Crippen molar-refractivity contribution in [1.82, 2.24) is 5.32 Å². The van der Waals surface area contributed by atoms with Gasteiger partial charge in [0.25, 0.3) is 0 Å². The van der Waals surface area contributed by atoms with Gasteiger partial charge in [-0.3, -0.25) is 0 Å². The molecule has 0 spiro atoms. The van der Waals surface area contributed by atoms with Gasteiger partial charge in [-0.2, -0.15) is 0 Å². The zero-order valence-electron chi connectivity index (χ0n) is 11.5. The molecule has 1 aliphatic rings. The van der Waals surface area contributed by atoms with Gasteiger partial charge >= 0.3 is 0 Å². The number of hydrogen-bond acceptors (Lipinski definition) is 1. The SMILES string of the molecule is CCNC1CCCC(Cc2cc(F)ccc2C)C1. The molecule has 1 nitrogen and oxygen atoms in total. The molecule has 0 aromatic heterocycles. The minimum absolute atomic E-state index is 0.102. The number of halogens is 1. The second-order valence-corrected chi connectivity index (χ2v) is 5.56. The lowest BCUT2D eigenvalue weighted by molar-refractivity contribution is 0.286. The highest BCUT2D eigenvalue weighted by molar-refractivity contribution is 5.27. The fourth-order valence-electron chi connectivity index (χ4n) is 3.12. The van der Waals surface area contributed by atoms with Gasteiger partial charge in [0, 0.05) is 6.04 Å². The fourth-order valence-corrected chi connectivity index (χ4v) is 3.12. The molecule has 0 bridgehead atoms. The van der Waals surface area contributed by atoms with Crippen LogP contribution < -0.4 is 5.32 Å². The highest BCUT2D eigenvalue weighted by Crippen LogP contribution is 2.28. The first-order chi connectivity index (χ1) is 8.69. The zero-order valence-corrected chi connectivity index (χ0v) is 11.5. The van der Waals surface area contributed by atoms with Crippen LogP contribution in [0.2, 0.25) is 0 Å². The van der Waals surface area contributed by atoms with Gasteiger partial charge in [0.2, 0.25) is 0 Å². The van der Waals surface area contributed by atoms with Crippen LogP contribution in [0.3, 0.4) is 0 Å². The van der Waals surface area contributed by atoms with E-state index in [1.165, 1.54) is 36.8 Å². The maximum Gasteiger partial charge on any atom is 0.123 e. The molecule has 0 aliphatic heterocycles. The summed E-state index contributed by atoms with van der Waals surface area (Å²) in [7, 11) is 0. The fraction of sp³-hybridized carbons (Fsp3) is 0.625. The lowest BCUT2D eigenvalue weighted by Gasteiger charge is -2.30. The summed E-state index contributed by atoms with van der Waals surface area (Å²) in [5.41, 5.74) is 2.42. The van der Waals surface area contributed by atoms with Gasteiger partial charge in [-0.1, -0.05) is 25.8 Å². The van der Waals surface area contributed by atoms with Crippen LogP contribution in [0.5, 0.6) is 0 Å². The number of rotatable bonds is 4. The van der Waals surface area contributed by atoms with E-state index in [-0.39, 0.29) is 5.82 Å². The van der Waals surface area contributed by atoms with E-state index in [2.05, 4.69) is 19.2 Å². The van der Waals surface area contributed by atoms with Crippen LogP contribution in [-0.2, 0) is 6.42 Å². The van der Waals surface area contributed by atoms with Gasteiger partial charge in [-0.05, 0) is 61.9 Å². The summed E-state index contributed by atoms with van der Waals surface area (Å²) in [4.78, 5) is 0. The topological polar surface area (TPSA) is 12.0 Å². The predicted octanol–water partition coefficient (Wildman–Crippen LogP) is 3.84. The average molecular weight is 249 g/mol. The Balaban J connectivity index is 1.98. The molecule has 18 heavy (non-hydrogen) atoms. The van der Waals surface area contributed by atoms with Crippen LogP contribution in [0.15, 0.2) is 18.2 Å². The maximum absolute atomic E-state index is 13.3. The van der Waals surface area contributed by atoms with Crippen molar-refractivity contribution in [2.75, 3.05) is 6.54 Å². The molecule has 2 unspecified atom stereocenters. The number of benzene rings is 1. The molecule has 2 heteroatoms. The second kappa shape index (κ2) is 6.33. The molecule has 0 amide bonds. The summed E-state index contributed by atoms with van der Waals surface area (Å²) in [5.74, 6) is 0.609. The van der Waals surface area contributed by atoms with E-state index in [0.29, 0.717) is 12.0 Å². The van der Waals surface area contributed by atoms with E-state index in [9.17, 15) is 4.39 Å². The molecule has 0 heterocycles. The molecule has 1 aromatic rings. The van der Waals surface area contributed by atoms with E-state index in [1.807, 2.05) is 6.07 Å². The smallest absolute Gasteiger partial charge is 0.123 e. The Bertz CT molecular complexity index is 387. The van der Waals surface area contributed by atoms with Crippen molar-refractivity contribution in [3.8, 4) is 0 Å². The zero-order chi connectivity index (χ0) is 13.0. The van der Waals surface area contributed by atoms with Crippen molar-refractivity contribution < 1.29 is 4.39 Å². The summed E-state index contributed by atoms with van der Waals surface area (Å²) in [5, 5.41) is 3.55. The molecule has 0 radical (unpaired) electrons. The second-order valence-electron chi connectivity index (χ2n) is 5.56. The quantitative estimate of drug-likeness (QED) is 0.854. The molecule has 1 aromatic carbocycles. The van der Waals surface area contributed by atoms with Gasteiger partial charge in [0.05, 0.1) is 0 Å². The number of nitrogens with one attached hydrogen (secondary N) is 1. The molecule has 1 fully saturated rings. The van der Waals surface area contributed by atoms with Crippen LogP contribution in [-0.4, -0.2) is 12.6 Å². The first-order valence-corrected chi connectivity index (χ1v) is 7.17. The first-order valence-electron chi connectivity index (χ1n) is 7.17. The summed E-state index contributed by atoms with van der Waals surface area (Å²) >= 11 is 0. The summed E-state index contributed by atoms with van der Waals surface area (Å²) in [6.07, 6.45) is 6.16. The monoisotopic (exact) mass is 249 g/mol. The Morgan fingerprint density at radius 1 is 1.33 bits per heavy atom. The largest absolute Gasteiger partial charge is 0.314 e. The summed E-state index contributed by atoms with van der Waals surface area (Å²) < 4.78 is 13.3. The third-order valence-electron chi connectivity index (χ3n) is 4.10. The molecular formula is C16H24FN. The minimum Gasteiger partial charge on any atom is -0.314 e. The summed E-state index contributed by atoms with van der Waals surface area (Å²) in [6, 6.07) is 5.84. The average Bonchev–Trinajstić information content (AvgIpc) is 2.35. The highest BCUT2D eigenvalue weighted by Gasteiger charge is 2.21. The van der Waals surface area contributed by atoms with Crippen LogP contribution in [0, 0.1) is 18.7 Å². The van der Waals surface area contributed by atoms with Gasteiger partial charge in [-0.15, -0.1) is 0 Å². The van der Waals surface area contributed by atoms with E-state index in [4.69, 9.17) is 0 Å². The Labute approximate surface area is 110 Å². The van der Waals surface area contributed by atoms with E-state index < -0.39 is 0 Å². The van der Waals surface area contributed by atoms with E-state index in [0.717, 1.165) is 13.0 Å². The Hall–Kier alpha value is -0.890. The molecule has 0 saturated heterocycles. The van der Waals surface area contributed by atoms with Crippen molar-refractivity contribution in [2.45, 2.75) is 52.0 Å². The van der Waals surface area contributed by atoms with Gasteiger partial charge < -0.3 is 5.32 Å².